The molecule has 1 atom stereocenters. The van der Waals surface area contributed by atoms with Crippen molar-refractivity contribution in [3.05, 3.63) is 28.6 Å². The molecule has 0 saturated heterocycles. The summed E-state index contributed by atoms with van der Waals surface area (Å²) in [5, 5.41) is 9.13. The number of fused-ring (bicyclic) bond motifs is 1. The van der Waals surface area contributed by atoms with Crippen LogP contribution in [-0.2, 0) is 24.2 Å². The molecular formula is C12H16N2O3. The van der Waals surface area contributed by atoms with Gasteiger partial charge in [0, 0.05) is 19.3 Å². The number of aromatic nitrogens is 1. The van der Waals surface area contributed by atoms with Crippen molar-refractivity contribution in [1.29, 1.82) is 0 Å². The minimum absolute atomic E-state index is 0.0870. The van der Waals surface area contributed by atoms with Crippen LogP contribution >= 0.6 is 0 Å². The second-order valence-electron chi connectivity index (χ2n) is 4.32. The van der Waals surface area contributed by atoms with Gasteiger partial charge in [-0.25, -0.2) is 4.79 Å². The Morgan fingerprint density at radius 1 is 1.65 bits per heavy atom. The van der Waals surface area contributed by atoms with Crippen LogP contribution in [0.25, 0.3) is 0 Å². The van der Waals surface area contributed by atoms with Crippen LogP contribution in [0.3, 0.4) is 0 Å². The Hall–Kier alpha value is -1.46. The van der Waals surface area contributed by atoms with Crippen molar-refractivity contribution in [2.24, 2.45) is 5.73 Å². The van der Waals surface area contributed by atoms with Gasteiger partial charge in [0.1, 0.15) is 0 Å². The standard InChI is InChI=1S/C12H16N2O3/c1-17-6-11-9-4-7(13)2-3-8(9)10(5-14-11)12(15)16/h5,7H,2-4,6,13H2,1H3,(H,15,16). The zero-order valence-electron chi connectivity index (χ0n) is 9.77. The van der Waals surface area contributed by atoms with E-state index in [0.29, 0.717) is 25.0 Å². The van der Waals surface area contributed by atoms with Crippen molar-refractivity contribution >= 4 is 5.97 Å². The third-order valence-corrected chi connectivity index (χ3v) is 3.13. The Bertz CT molecular complexity index is 446. The third kappa shape index (κ3) is 2.30. The molecule has 5 nitrogen and oxygen atoms in total. The molecule has 1 unspecified atom stereocenters. The van der Waals surface area contributed by atoms with E-state index in [1.807, 2.05) is 0 Å². The molecule has 1 aliphatic rings. The van der Waals surface area contributed by atoms with Crippen molar-refractivity contribution in [2.75, 3.05) is 7.11 Å². The summed E-state index contributed by atoms with van der Waals surface area (Å²) in [4.78, 5) is 15.3. The maximum absolute atomic E-state index is 11.1. The van der Waals surface area contributed by atoms with Gasteiger partial charge in [-0.15, -0.1) is 0 Å². The Balaban J connectivity index is 2.50. The van der Waals surface area contributed by atoms with Gasteiger partial charge in [0.2, 0.25) is 0 Å². The van der Waals surface area contributed by atoms with Crippen molar-refractivity contribution in [3.63, 3.8) is 0 Å². The number of hydrogen-bond donors (Lipinski definition) is 2. The summed E-state index contributed by atoms with van der Waals surface area (Å²) >= 11 is 0. The Labute approximate surface area is 99.6 Å². The van der Waals surface area contributed by atoms with Crippen LogP contribution in [0.15, 0.2) is 6.20 Å². The molecule has 0 spiro atoms. The normalized spacial score (nSPS) is 18.8. The number of carboxylic acid groups (broad SMARTS) is 1. The molecule has 0 radical (unpaired) electrons. The predicted octanol–water partition coefficient (Wildman–Crippen LogP) is 0.742. The molecule has 1 aliphatic carbocycles. The van der Waals surface area contributed by atoms with E-state index in [0.717, 1.165) is 23.2 Å². The van der Waals surface area contributed by atoms with Gasteiger partial charge in [0.25, 0.3) is 0 Å². The van der Waals surface area contributed by atoms with E-state index < -0.39 is 5.97 Å². The number of nitrogens with two attached hydrogens (primary N) is 1. The summed E-state index contributed by atoms with van der Waals surface area (Å²) in [5.74, 6) is -0.923. The highest BCUT2D eigenvalue weighted by Crippen LogP contribution is 2.26. The number of carbonyl (C=O) groups is 1. The number of carboxylic acids is 1. The molecule has 1 aromatic heterocycles. The fourth-order valence-electron chi connectivity index (χ4n) is 2.30. The van der Waals surface area contributed by atoms with Crippen LogP contribution in [0.5, 0.6) is 0 Å². The highest BCUT2D eigenvalue weighted by molar-refractivity contribution is 5.89. The van der Waals surface area contributed by atoms with Gasteiger partial charge in [-0.2, -0.15) is 0 Å². The number of aromatic carboxylic acids is 1. The van der Waals surface area contributed by atoms with Gasteiger partial charge in [-0.05, 0) is 30.4 Å². The van der Waals surface area contributed by atoms with Crippen LogP contribution in [0, 0.1) is 0 Å². The number of methoxy groups -OCH3 is 1. The number of ether oxygens (including phenoxy) is 1. The molecule has 5 heteroatoms. The SMILES string of the molecule is COCc1ncc(C(=O)O)c2c1CC(N)CC2. The first-order valence-corrected chi connectivity index (χ1v) is 5.61. The average molecular weight is 236 g/mol. The zero-order valence-corrected chi connectivity index (χ0v) is 9.77. The topological polar surface area (TPSA) is 85.4 Å². The van der Waals surface area contributed by atoms with E-state index in [2.05, 4.69) is 4.98 Å². The summed E-state index contributed by atoms with van der Waals surface area (Å²) in [5.41, 5.74) is 8.87. The highest BCUT2D eigenvalue weighted by Gasteiger charge is 2.24. The fourth-order valence-corrected chi connectivity index (χ4v) is 2.30. The van der Waals surface area contributed by atoms with Crippen LogP contribution in [0.4, 0.5) is 0 Å². The van der Waals surface area contributed by atoms with Crippen molar-refractivity contribution < 1.29 is 14.6 Å². The van der Waals surface area contributed by atoms with Gasteiger partial charge in [0.05, 0.1) is 17.9 Å². The Kier molecular flexibility index (Phi) is 3.40. The molecule has 3 N–H and O–H groups in total. The summed E-state index contributed by atoms with van der Waals surface area (Å²) in [6.45, 7) is 0.398. The van der Waals surface area contributed by atoms with E-state index in [-0.39, 0.29) is 6.04 Å². The molecule has 0 bridgehead atoms. The first kappa shape index (κ1) is 12.0. The van der Waals surface area contributed by atoms with Gasteiger partial charge in [0.15, 0.2) is 0 Å². The average Bonchev–Trinajstić information content (AvgIpc) is 2.29. The maximum atomic E-state index is 11.1. The third-order valence-electron chi connectivity index (χ3n) is 3.13. The largest absolute Gasteiger partial charge is 0.478 e. The van der Waals surface area contributed by atoms with Gasteiger partial charge in [-0.1, -0.05) is 0 Å². The molecule has 92 valence electrons. The molecule has 17 heavy (non-hydrogen) atoms. The van der Waals surface area contributed by atoms with E-state index >= 15 is 0 Å². The molecule has 0 fully saturated rings. The lowest BCUT2D eigenvalue weighted by Gasteiger charge is -2.24. The summed E-state index contributed by atoms with van der Waals surface area (Å²) in [6, 6.07) is 0.0870. The van der Waals surface area contributed by atoms with E-state index in [4.69, 9.17) is 15.6 Å². The van der Waals surface area contributed by atoms with Gasteiger partial charge < -0.3 is 15.6 Å². The summed E-state index contributed by atoms with van der Waals surface area (Å²) in [6.07, 6.45) is 3.63. The van der Waals surface area contributed by atoms with E-state index in [9.17, 15) is 4.79 Å². The van der Waals surface area contributed by atoms with Gasteiger partial charge >= 0.3 is 5.97 Å². The van der Waals surface area contributed by atoms with Crippen LogP contribution < -0.4 is 5.73 Å². The monoisotopic (exact) mass is 236 g/mol. The van der Waals surface area contributed by atoms with E-state index in [1.165, 1.54) is 6.20 Å². The zero-order chi connectivity index (χ0) is 12.4. The molecular weight excluding hydrogens is 220 g/mol. The smallest absolute Gasteiger partial charge is 0.337 e. The molecule has 0 aromatic carbocycles. The molecule has 0 amide bonds. The first-order chi connectivity index (χ1) is 8.13. The molecule has 0 aliphatic heterocycles. The molecule has 0 saturated carbocycles. The van der Waals surface area contributed by atoms with E-state index in [1.54, 1.807) is 7.11 Å². The van der Waals surface area contributed by atoms with Crippen LogP contribution in [-0.4, -0.2) is 29.2 Å². The Morgan fingerprint density at radius 3 is 3.06 bits per heavy atom. The quantitative estimate of drug-likeness (QED) is 0.808. The number of hydrogen-bond acceptors (Lipinski definition) is 4. The van der Waals surface area contributed by atoms with Crippen molar-refractivity contribution in [3.8, 4) is 0 Å². The minimum atomic E-state index is -0.923. The number of rotatable bonds is 3. The lowest BCUT2D eigenvalue weighted by molar-refractivity contribution is 0.0694. The van der Waals surface area contributed by atoms with Crippen molar-refractivity contribution in [2.45, 2.75) is 31.9 Å². The minimum Gasteiger partial charge on any atom is -0.478 e. The maximum Gasteiger partial charge on any atom is 0.337 e. The van der Waals surface area contributed by atoms with Crippen molar-refractivity contribution in [1.82, 2.24) is 4.98 Å². The van der Waals surface area contributed by atoms with Gasteiger partial charge in [-0.3, -0.25) is 4.98 Å². The fraction of sp³-hybridized carbons (Fsp3) is 0.500. The molecule has 2 rings (SSSR count). The molecule has 1 aromatic rings. The Morgan fingerprint density at radius 2 is 2.41 bits per heavy atom. The van der Waals surface area contributed by atoms with Crippen LogP contribution in [0.2, 0.25) is 0 Å². The van der Waals surface area contributed by atoms with Crippen LogP contribution in [0.1, 0.15) is 33.6 Å². The second-order valence-corrected chi connectivity index (χ2v) is 4.32. The highest BCUT2D eigenvalue weighted by atomic mass is 16.5. The summed E-state index contributed by atoms with van der Waals surface area (Å²) < 4.78 is 5.08. The predicted molar refractivity (Wildman–Crippen MR) is 61.9 cm³/mol. The summed E-state index contributed by atoms with van der Waals surface area (Å²) in [7, 11) is 1.60. The second kappa shape index (κ2) is 4.81. The number of nitrogens with zero attached hydrogens (tertiary/aromatic N) is 1. The lowest BCUT2D eigenvalue weighted by Crippen LogP contribution is -2.30. The molecule has 1 heterocycles. The lowest BCUT2D eigenvalue weighted by atomic mass is 9.85. The number of pyridine rings is 1. The first-order valence-electron chi connectivity index (χ1n) is 5.61.